The van der Waals surface area contributed by atoms with Crippen molar-refractivity contribution in [2.24, 2.45) is 0 Å². The zero-order valence-electron chi connectivity index (χ0n) is 12.6. The van der Waals surface area contributed by atoms with Gasteiger partial charge in [-0.15, -0.1) is 0 Å². The zero-order chi connectivity index (χ0) is 14.5. The first-order chi connectivity index (χ1) is 10.4. The molecular formula is C19H23NO. The topological polar surface area (TPSA) is 21.3 Å². The van der Waals surface area contributed by atoms with Crippen LogP contribution >= 0.6 is 0 Å². The molecule has 0 unspecified atom stereocenters. The summed E-state index contributed by atoms with van der Waals surface area (Å²) in [5, 5.41) is 3.57. The molecule has 0 aliphatic heterocycles. The molecule has 1 saturated carbocycles. The first-order valence-electron chi connectivity index (χ1n) is 7.78. The largest absolute Gasteiger partial charge is 0.497 e. The maximum absolute atomic E-state index is 5.26. The SMILES string of the molecule is COc1cccc(CCNCc2ccccc2C2CC2)c1. The molecule has 2 heteroatoms. The van der Waals surface area contributed by atoms with Gasteiger partial charge in [0.05, 0.1) is 7.11 Å². The molecule has 3 rings (SSSR count). The Hall–Kier alpha value is -1.80. The maximum Gasteiger partial charge on any atom is 0.119 e. The number of nitrogens with one attached hydrogen (secondary N) is 1. The Bertz CT molecular complexity index is 590. The highest BCUT2D eigenvalue weighted by atomic mass is 16.5. The van der Waals surface area contributed by atoms with Crippen molar-refractivity contribution in [1.29, 1.82) is 0 Å². The van der Waals surface area contributed by atoms with Crippen LogP contribution in [-0.2, 0) is 13.0 Å². The third-order valence-corrected chi connectivity index (χ3v) is 4.11. The molecule has 0 spiro atoms. The molecule has 1 N–H and O–H groups in total. The normalized spacial score (nSPS) is 14.1. The standard InChI is InChI=1S/C19H23NO/c1-21-18-7-4-5-15(13-18)11-12-20-14-17-6-2-3-8-19(17)16-9-10-16/h2-8,13,16,20H,9-12,14H2,1H3. The number of hydrogen-bond donors (Lipinski definition) is 1. The molecule has 0 bridgehead atoms. The van der Waals surface area contributed by atoms with Gasteiger partial charge in [-0.25, -0.2) is 0 Å². The third-order valence-electron chi connectivity index (χ3n) is 4.11. The number of ether oxygens (including phenoxy) is 1. The number of rotatable bonds is 7. The third kappa shape index (κ3) is 3.85. The van der Waals surface area contributed by atoms with Crippen molar-refractivity contribution in [3.05, 3.63) is 65.2 Å². The van der Waals surface area contributed by atoms with Crippen LogP contribution in [0.25, 0.3) is 0 Å². The van der Waals surface area contributed by atoms with Crippen molar-refractivity contribution in [1.82, 2.24) is 5.32 Å². The fraction of sp³-hybridized carbons (Fsp3) is 0.368. The van der Waals surface area contributed by atoms with E-state index in [0.29, 0.717) is 0 Å². The lowest BCUT2D eigenvalue weighted by Crippen LogP contribution is -2.17. The van der Waals surface area contributed by atoms with E-state index in [1.54, 1.807) is 12.7 Å². The van der Waals surface area contributed by atoms with E-state index < -0.39 is 0 Å². The molecule has 1 aliphatic rings. The highest BCUT2D eigenvalue weighted by Gasteiger charge is 2.25. The van der Waals surface area contributed by atoms with Gasteiger partial charge in [0.1, 0.15) is 5.75 Å². The fourth-order valence-corrected chi connectivity index (χ4v) is 2.77. The average Bonchev–Trinajstić information content (AvgIpc) is 3.37. The van der Waals surface area contributed by atoms with Crippen molar-refractivity contribution in [2.75, 3.05) is 13.7 Å². The van der Waals surface area contributed by atoms with E-state index in [2.05, 4.69) is 47.8 Å². The van der Waals surface area contributed by atoms with Crippen LogP contribution in [0.3, 0.4) is 0 Å². The minimum absolute atomic E-state index is 0.821. The van der Waals surface area contributed by atoms with Crippen LogP contribution in [0.1, 0.15) is 35.4 Å². The minimum Gasteiger partial charge on any atom is -0.497 e. The summed E-state index contributed by atoms with van der Waals surface area (Å²) < 4.78 is 5.26. The first kappa shape index (κ1) is 14.2. The summed E-state index contributed by atoms with van der Waals surface area (Å²) in [6, 6.07) is 17.2. The fourth-order valence-electron chi connectivity index (χ4n) is 2.77. The van der Waals surface area contributed by atoms with Crippen LogP contribution in [-0.4, -0.2) is 13.7 Å². The molecule has 0 aromatic heterocycles. The first-order valence-corrected chi connectivity index (χ1v) is 7.78. The molecule has 2 aromatic rings. The van der Waals surface area contributed by atoms with Crippen LogP contribution in [0.5, 0.6) is 5.75 Å². The van der Waals surface area contributed by atoms with Crippen molar-refractivity contribution in [3.63, 3.8) is 0 Å². The molecule has 0 heterocycles. The summed E-state index contributed by atoms with van der Waals surface area (Å²) in [5.74, 6) is 1.76. The van der Waals surface area contributed by atoms with E-state index in [-0.39, 0.29) is 0 Å². The van der Waals surface area contributed by atoms with Crippen molar-refractivity contribution in [2.45, 2.75) is 31.7 Å². The molecule has 1 fully saturated rings. The maximum atomic E-state index is 5.26. The van der Waals surface area contributed by atoms with E-state index in [1.165, 1.54) is 24.0 Å². The Morgan fingerprint density at radius 1 is 1.10 bits per heavy atom. The molecule has 2 aromatic carbocycles. The summed E-state index contributed by atoms with van der Waals surface area (Å²) >= 11 is 0. The predicted molar refractivity (Wildman–Crippen MR) is 86.8 cm³/mol. The van der Waals surface area contributed by atoms with Gasteiger partial charge in [-0.1, -0.05) is 36.4 Å². The second-order valence-electron chi connectivity index (χ2n) is 5.75. The van der Waals surface area contributed by atoms with Crippen LogP contribution in [0.4, 0.5) is 0 Å². The number of benzene rings is 2. The number of hydrogen-bond acceptors (Lipinski definition) is 2. The molecule has 0 atom stereocenters. The molecule has 21 heavy (non-hydrogen) atoms. The molecule has 2 nitrogen and oxygen atoms in total. The van der Waals surface area contributed by atoms with Gasteiger partial charge in [0.2, 0.25) is 0 Å². The summed E-state index contributed by atoms with van der Waals surface area (Å²) in [7, 11) is 1.71. The van der Waals surface area contributed by atoms with Gasteiger partial charge in [-0.3, -0.25) is 0 Å². The Morgan fingerprint density at radius 3 is 2.76 bits per heavy atom. The van der Waals surface area contributed by atoms with Crippen LogP contribution in [0.15, 0.2) is 48.5 Å². The minimum atomic E-state index is 0.821. The van der Waals surface area contributed by atoms with Crippen molar-refractivity contribution < 1.29 is 4.74 Å². The van der Waals surface area contributed by atoms with Gasteiger partial charge in [0, 0.05) is 6.54 Å². The van der Waals surface area contributed by atoms with Crippen molar-refractivity contribution in [3.8, 4) is 5.75 Å². The lowest BCUT2D eigenvalue weighted by atomic mass is 10.0. The van der Waals surface area contributed by atoms with Gasteiger partial charge < -0.3 is 10.1 Å². The summed E-state index contributed by atoms with van der Waals surface area (Å²) in [4.78, 5) is 0. The lowest BCUT2D eigenvalue weighted by molar-refractivity contribution is 0.414. The summed E-state index contributed by atoms with van der Waals surface area (Å²) in [6.07, 6.45) is 3.75. The molecule has 0 saturated heterocycles. The van der Waals surface area contributed by atoms with Crippen LogP contribution in [0, 0.1) is 0 Å². The molecule has 0 radical (unpaired) electrons. The van der Waals surface area contributed by atoms with E-state index in [9.17, 15) is 0 Å². The smallest absolute Gasteiger partial charge is 0.119 e. The highest BCUT2D eigenvalue weighted by molar-refractivity contribution is 5.33. The van der Waals surface area contributed by atoms with Crippen LogP contribution in [0.2, 0.25) is 0 Å². The molecule has 110 valence electrons. The quantitative estimate of drug-likeness (QED) is 0.777. The summed E-state index contributed by atoms with van der Waals surface area (Å²) in [6.45, 7) is 1.96. The van der Waals surface area contributed by atoms with E-state index in [0.717, 1.165) is 31.2 Å². The van der Waals surface area contributed by atoms with Gasteiger partial charge in [-0.2, -0.15) is 0 Å². The summed E-state index contributed by atoms with van der Waals surface area (Å²) in [5.41, 5.74) is 4.33. The monoisotopic (exact) mass is 281 g/mol. The molecular weight excluding hydrogens is 258 g/mol. The Kier molecular flexibility index (Phi) is 4.56. The lowest BCUT2D eigenvalue weighted by Gasteiger charge is -2.10. The Labute approximate surface area is 127 Å². The Morgan fingerprint density at radius 2 is 1.95 bits per heavy atom. The second-order valence-corrected chi connectivity index (χ2v) is 5.75. The average molecular weight is 281 g/mol. The second kappa shape index (κ2) is 6.77. The van der Waals surface area contributed by atoms with Gasteiger partial charge >= 0.3 is 0 Å². The van der Waals surface area contributed by atoms with E-state index >= 15 is 0 Å². The van der Waals surface area contributed by atoms with Gasteiger partial charge in [-0.05, 0) is 60.5 Å². The van der Waals surface area contributed by atoms with Crippen molar-refractivity contribution >= 4 is 0 Å². The number of methoxy groups -OCH3 is 1. The van der Waals surface area contributed by atoms with E-state index in [1.807, 2.05) is 6.07 Å². The molecule has 0 amide bonds. The van der Waals surface area contributed by atoms with E-state index in [4.69, 9.17) is 4.74 Å². The zero-order valence-corrected chi connectivity index (χ0v) is 12.6. The van der Waals surface area contributed by atoms with Crippen LogP contribution < -0.4 is 10.1 Å². The Balaban J connectivity index is 1.50. The van der Waals surface area contributed by atoms with Gasteiger partial charge in [0.15, 0.2) is 0 Å². The highest BCUT2D eigenvalue weighted by Crippen LogP contribution is 2.41. The predicted octanol–water partition coefficient (Wildman–Crippen LogP) is 3.90. The molecule has 1 aliphatic carbocycles. The van der Waals surface area contributed by atoms with Gasteiger partial charge in [0.25, 0.3) is 0 Å².